The van der Waals surface area contributed by atoms with E-state index in [9.17, 15) is 53.2 Å². The van der Waals surface area contributed by atoms with Gasteiger partial charge < -0.3 is 51.2 Å². The Morgan fingerprint density at radius 1 is 0.495 bits per heavy atom. The van der Waals surface area contributed by atoms with Crippen LogP contribution in [0.1, 0.15) is 164 Å². The van der Waals surface area contributed by atoms with Crippen LogP contribution in [-0.2, 0) is 89.9 Å². The maximum atomic E-state index is 14.1. The summed E-state index contributed by atoms with van der Waals surface area (Å²) in [5.41, 5.74) is 9.00. The largest absolute Gasteiger partial charge is 0.444 e. The first-order chi connectivity index (χ1) is 47.3. The van der Waals surface area contributed by atoms with Gasteiger partial charge in [-0.2, -0.15) is 5.26 Å². The summed E-state index contributed by atoms with van der Waals surface area (Å²) in [5.74, 6) is -3.07. The first kappa shape index (κ1) is 73.2. The number of halogens is 1. The molecule has 0 saturated carbocycles. The smallest absolute Gasteiger partial charge is 0.407 e. The van der Waals surface area contributed by atoms with Gasteiger partial charge in [0.2, 0.25) is 35.4 Å². The molecule has 2 heterocycles. The summed E-state index contributed by atoms with van der Waals surface area (Å²) in [6, 6.07) is 38.3. The Bertz CT molecular complexity index is 4050. The molecule has 0 spiro atoms. The third kappa shape index (κ3) is 20.1. The summed E-state index contributed by atoms with van der Waals surface area (Å²) >= 11 is 3.66. The van der Waals surface area contributed by atoms with E-state index in [0.717, 1.165) is 81.9 Å². The van der Waals surface area contributed by atoms with Gasteiger partial charge in [-0.15, -0.1) is 0 Å². The second-order valence-electron chi connectivity index (χ2n) is 27.1. The van der Waals surface area contributed by atoms with Crippen LogP contribution >= 0.6 is 15.9 Å². The number of rotatable bonds is 22. The number of hydrogen-bond acceptors (Lipinski definition) is 13. The lowest BCUT2D eigenvalue weighted by atomic mass is 9.92. The molecule has 0 aromatic heterocycles. The lowest BCUT2D eigenvalue weighted by Crippen LogP contribution is -2.56. The zero-order chi connectivity index (χ0) is 71.0. The number of aryl methyl sites for hydroxylation is 2. The normalized spacial score (nSPS) is 15.6. The van der Waals surface area contributed by atoms with Crippen LogP contribution in [0.3, 0.4) is 0 Å². The standard InChI is InChI=1S/C39H43N5O6.C38H43BrN4O6/c1-39(2,3)50-38(49)41-21-20-32(36(47)42-31-17-16-25-14-9-15-29(25)30(31)23-40)43-37(48)33-22-27-12-7-8-13-28(27)24-44(33)35(46)19-18-34(45)26-10-5-4-6-11-26;1-38(2,3)49-37(48)40-21-20-30(35(46)41-29-17-16-24-14-9-15-28(24)34(29)39)42-36(47)31-22-26-12-7-8-13-27(26)23-43(31)33(45)19-18-32(44)25-10-5-4-6-11-25/h4-8,10-13,16-17,32-33H,9,14-15,18-22,24H2,1-3H3,(H,41,49)(H,42,47)(H,43,48);4-8,10-13,16-17,30-31H,9,14-15,18-23H2,1-3H3,(H,40,48)(H,41,46)(H,42,47)/t32-,33-;30-,31-/m00/s1. The summed E-state index contributed by atoms with van der Waals surface area (Å²) in [5, 5.41) is 26.8. The predicted molar refractivity (Wildman–Crippen MR) is 377 cm³/mol. The fraction of sp³-hybridized carbons (Fsp3) is 0.390. The highest BCUT2D eigenvalue weighted by atomic mass is 79.9. The van der Waals surface area contributed by atoms with E-state index in [-0.39, 0.29) is 101 Å². The van der Waals surface area contributed by atoms with Crippen LogP contribution in [0.25, 0.3) is 0 Å². The van der Waals surface area contributed by atoms with E-state index >= 15 is 0 Å². The lowest BCUT2D eigenvalue weighted by Gasteiger charge is -2.37. The zero-order valence-corrected chi connectivity index (χ0v) is 58.4. The molecule has 6 aromatic carbocycles. The van der Waals surface area contributed by atoms with Gasteiger partial charge in [0, 0.05) is 80.3 Å². The van der Waals surface area contributed by atoms with E-state index in [1.54, 1.807) is 96.1 Å². The first-order valence-electron chi connectivity index (χ1n) is 33.7. The number of ketones is 2. The molecule has 4 atom stereocenters. The van der Waals surface area contributed by atoms with Crippen LogP contribution in [0.15, 0.2) is 138 Å². The second-order valence-corrected chi connectivity index (χ2v) is 27.9. The monoisotopic (exact) mass is 1410 g/mol. The molecule has 0 bridgehead atoms. The second kappa shape index (κ2) is 33.5. The Morgan fingerprint density at radius 3 is 1.32 bits per heavy atom. The minimum Gasteiger partial charge on any atom is -0.444 e. The van der Waals surface area contributed by atoms with Crippen molar-refractivity contribution in [3.05, 3.63) is 199 Å². The molecule has 21 nitrogen and oxygen atoms in total. The quantitative estimate of drug-likeness (QED) is 0.0345. The third-order valence-electron chi connectivity index (χ3n) is 17.7. The molecule has 0 fully saturated rings. The van der Waals surface area contributed by atoms with Crippen LogP contribution in [0.4, 0.5) is 21.0 Å². The summed E-state index contributed by atoms with van der Waals surface area (Å²) in [6.07, 6.45) is 4.56. The molecule has 2 aliphatic heterocycles. The van der Waals surface area contributed by atoms with Crippen molar-refractivity contribution in [3.8, 4) is 6.07 Å². The van der Waals surface area contributed by atoms with Gasteiger partial charge in [0.05, 0.1) is 16.9 Å². The van der Waals surface area contributed by atoms with Gasteiger partial charge in [-0.1, -0.05) is 121 Å². The summed E-state index contributed by atoms with van der Waals surface area (Å²) in [4.78, 5) is 136. The highest BCUT2D eigenvalue weighted by molar-refractivity contribution is 9.10. The number of hydrogen-bond donors (Lipinski definition) is 6. The zero-order valence-electron chi connectivity index (χ0n) is 56.9. The lowest BCUT2D eigenvalue weighted by molar-refractivity contribution is -0.142. The number of carbonyl (C=O) groups is 10. The van der Waals surface area contributed by atoms with Gasteiger partial charge >= 0.3 is 12.2 Å². The summed E-state index contributed by atoms with van der Waals surface area (Å²) in [7, 11) is 0. The Hall–Kier alpha value is -10.0. The van der Waals surface area contributed by atoms with Crippen LogP contribution in [0.2, 0.25) is 0 Å². The average molecular weight is 1410 g/mol. The molecule has 0 radical (unpaired) electrons. The van der Waals surface area contributed by atoms with Crippen LogP contribution in [0.5, 0.6) is 0 Å². The summed E-state index contributed by atoms with van der Waals surface area (Å²) < 4.78 is 11.5. The molecular weight excluding hydrogens is 1320 g/mol. The number of nitrogens with one attached hydrogen (secondary N) is 6. The number of nitrogens with zero attached hydrogens (tertiary/aromatic N) is 3. The van der Waals surface area contributed by atoms with Crippen molar-refractivity contribution in [1.29, 1.82) is 5.26 Å². The number of benzene rings is 6. The number of anilines is 2. The minimum absolute atomic E-state index is 0.000315. The van der Waals surface area contributed by atoms with E-state index < -0.39 is 71.2 Å². The maximum absolute atomic E-state index is 14.1. The Morgan fingerprint density at radius 2 is 0.889 bits per heavy atom. The van der Waals surface area contributed by atoms with Crippen LogP contribution in [-0.4, -0.2) is 117 Å². The SMILES string of the molecule is CC(C)(C)OC(=O)NCC[C@H](NC(=O)[C@@H]1Cc2ccccc2CN1C(=O)CCC(=O)c1ccccc1)C(=O)Nc1ccc2c(c1Br)CCC2.CC(C)(C)OC(=O)NCC[C@H](NC(=O)[C@@H]1Cc2ccccc2CN1C(=O)CCC(=O)c1ccccc1)C(=O)Nc1ccc2c(c1C#N)CCC2. The predicted octanol–water partition coefficient (Wildman–Crippen LogP) is 10.9. The van der Waals surface area contributed by atoms with Gasteiger partial charge in [-0.25, -0.2) is 9.59 Å². The van der Waals surface area contributed by atoms with Gasteiger partial charge in [0.25, 0.3) is 0 Å². The van der Waals surface area contributed by atoms with Crippen molar-refractivity contribution in [2.45, 2.75) is 180 Å². The number of amides is 8. The van der Waals surface area contributed by atoms with Gasteiger partial charge in [0.15, 0.2) is 11.6 Å². The summed E-state index contributed by atoms with van der Waals surface area (Å²) in [6.45, 7) is 10.9. The van der Waals surface area contributed by atoms with Gasteiger partial charge in [0.1, 0.15) is 41.4 Å². The van der Waals surface area contributed by atoms with Crippen molar-refractivity contribution < 1.29 is 57.4 Å². The highest BCUT2D eigenvalue weighted by Gasteiger charge is 2.39. The Kier molecular flexibility index (Phi) is 24.8. The molecule has 0 unspecified atom stereocenters. The highest BCUT2D eigenvalue weighted by Crippen LogP contribution is 2.36. The average Bonchev–Trinajstić information content (AvgIpc) is 1.32. The fourth-order valence-corrected chi connectivity index (χ4v) is 13.4. The number of alkyl carbamates (subject to hydrolysis) is 2. The number of ether oxygens (including phenoxy) is 2. The first-order valence-corrected chi connectivity index (χ1v) is 34.5. The third-order valence-corrected chi connectivity index (χ3v) is 18.6. The topological polar surface area (TPSA) is 292 Å². The molecule has 2 aliphatic carbocycles. The Balaban J connectivity index is 0.000000231. The molecule has 6 aromatic rings. The maximum Gasteiger partial charge on any atom is 0.407 e. The molecule has 518 valence electrons. The van der Waals surface area contributed by atoms with Gasteiger partial charge in [-0.05, 0) is 165 Å². The fourth-order valence-electron chi connectivity index (χ4n) is 12.7. The van der Waals surface area contributed by atoms with Gasteiger partial charge in [-0.3, -0.25) is 38.4 Å². The van der Waals surface area contributed by atoms with E-state index in [4.69, 9.17) is 9.47 Å². The van der Waals surface area contributed by atoms with Crippen molar-refractivity contribution >= 4 is 86.5 Å². The Labute approximate surface area is 586 Å². The van der Waals surface area contributed by atoms with Crippen molar-refractivity contribution in [2.24, 2.45) is 0 Å². The van der Waals surface area contributed by atoms with Crippen LogP contribution in [0, 0.1) is 11.3 Å². The molecule has 22 heteroatoms. The molecule has 6 N–H and O–H groups in total. The minimum atomic E-state index is -1.13. The van der Waals surface area contributed by atoms with Crippen molar-refractivity contribution in [1.82, 2.24) is 31.1 Å². The number of Topliss-reactive ketones (excluding diaryl/α,β-unsaturated/α-hetero) is 2. The van der Waals surface area contributed by atoms with Crippen molar-refractivity contribution in [3.63, 3.8) is 0 Å². The molecule has 0 saturated heterocycles. The molecule has 4 aliphatic rings. The molecule has 8 amide bonds. The molecular formula is C77H86BrN9O12. The van der Waals surface area contributed by atoms with E-state index in [1.807, 2.05) is 78.9 Å². The van der Waals surface area contributed by atoms with E-state index in [2.05, 4.69) is 53.9 Å². The van der Waals surface area contributed by atoms with Crippen molar-refractivity contribution in [2.75, 3.05) is 23.7 Å². The number of nitriles is 1. The van der Waals surface area contributed by atoms with Crippen LogP contribution < -0.4 is 31.9 Å². The van der Waals surface area contributed by atoms with E-state index in [1.165, 1.54) is 15.4 Å². The number of fused-ring (bicyclic) bond motifs is 4. The molecule has 10 rings (SSSR count). The number of carbonyl (C=O) groups excluding carboxylic acids is 10. The molecule has 99 heavy (non-hydrogen) atoms. The van der Waals surface area contributed by atoms with E-state index in [0.29, 0.717) is 28.1 Å².